The standard InChI is InChI=1S/C22H31N3O3S/c26-20(12-11-16-6-2-1-3-7-16)25-22(29)24-18-9-4-8-17(14-18)21(27)23-15-19-10-5-13-28-19/h4,8-9,14,16,19H,1-3,5-7,10-13,15H2,(H,23,27)(H2,24,25,26,29). The zero-order chi connectivity index (χ0) is 20.5. The first-order valence-electron chi connectivity index (χ1n) is 10.7. The lowest BCUT2D eigenvalue weighted by Gasteiger charge is -2.21. The first-order chi connectivity index (χ1) is 14.1. The molecule has 1 aliphatic heterocycles. The molecule has 1 atom stereocenters. The Hall–Kier alpha value is -1.99. The van der Waals surface area contributed by atoms with Crippen LogP contribution >= 0.6 is 12.2 Å². The van der Waals surface area contributed by atoms with E-state index in [1.165, 1.54) is 32.1 Å². The highest BCUT2D eigenvalue weighted by molar-refractivity contribution is 7.80. The van der Waals surface area contributed by atoms with Gasteiger partial charge in [0, 0.05) is 30.8 Å². The molecule has 2 amide bonds. The summed E-state index contributed by atoms with van der Waals surface area (Å²) in [6.07, 6.45) is 9.91. The van der Waals surface area contributed by atoms with Gasteiger partial charge in [0.15, 0.2) is 5.11 Å². The first-order valence-corrected chi connectivity index (χ1v) is 11.1. The number of hydrogen-bond donors (Lipinski definition) is 3. The van der Waals surface area contributed by atoms with Gasteiger partial charge in [0.2, 0.25) is 5.91 Å². The minimum absolute atomic E-state index is 0.0569. The van der Waals surface area contributed by atoms with Gasteiger partial charge >= 0.3 is 0 Å². The molecule has 0 bridgehead atoms. The Morgan fingerprint density at radius 1 is 1.10 bits per heavy atom. The van der Waals surface area contributed by atoms with Gasteiger partial charge in [0.05, 0.1) is 6.10 Å². The van der Waals surface area contributed by atoms with Gasteiger partial charge < -0.3 is 20.7 Å². The number of ether oxygens (including phenoxy) is 1. The summed E-state index contributed by atoms with van der Waals surface area (Å²) in [6, 6.07) is 7.08. The molecular weight excluding hydrogens is 386 g/mol. The zero-order valence-electron chi connectivity index (χ0n) is 16.9. The Morgan fingerprint density at radius 2 is 1.93 bits per heavy atom. The maximum atomic E-state index is 12.4. The molecule has 1 aromatic rings. The fourth-order valence-corrected chi connectivity index (χ4v) is 4.25. The van der Waals surface area contributed by atoms with Gasteiger partial charge in [-0.3, -0.25) is 9.59 Å². The van der Waals surface area contributed by atoms with E-state index >= 15 is 0 Å². The van der Waals surface area contributed by atoms with Crippen LogP contribution in [0.2, 0.25) is 0 Å². The van der Waals surface area contributed by atoms with Crippen LogP contribution in [-0.2, 0) is 9.53 Å². The Labute approximate surface area is 178 Å². The van der Waals surface area contributed by atoms with Gasteiger partial charge in [-0.15, -0.1) is 0 Å². The SMILES string of the molecule is O=C(CCC1CCCCC1)NC(=S)Nc1cccc(C(=O)NCC2CCCO2)c1. The molecule has 0 aromatic heterocycles. The largest absolute Gasteiger partial charge is 0.376 e. The number of carbonyl (C=O) groups is 2. The number of rotatable bonds is 7. The van der Waals surface area contributed by atoms with Crippen molar-refractivity contribution in [2.45, 2.75) is 63.9 Å². The number of anilines is 1. The van der Waals surface area contributed by atoms with Crippen molar-refractivity contribution in [2.24, 2.45) is 5.92 Å². The molecule has 3 N–H and O–H groups in total. The third kappa shape index (κ3) is 7.40. The molecule has 1 aromatic carbocycles. The lowest BCUT2D eigenvalue weighted by Crippen LogP contribution is -2.34. The van der Waals surface area contributed by atoms with Gasteiger partial charge in [-0.05, 0) is 55.6 Å². The summed E-state index contributed by atoms with van der Waals surface area (Å²) >= 11 is 5.26. The summed E-state index contributed by atoms with van der Waals surface area (Å²) < 4.78 is 5.53. The van der Waals surface area contributed by atoms with E-state index in [4.69, 9.17) is 17.0 Å². The normalized spacial score (nSPS) is 19.5. The van der Waals surface area contributed by atoms with E-state index in [9.17, 15) is 9.59 Å². The number of carbonyl (C=O) groups excluding carboxylic acids is 2. The number of amides is 2. The van der Waals surface area contributed by atoms with Gasteiger partial charge in [0.25, 0.3) is 5.91 Å². The first kappa shape index (κ1) is 21.7. The lowest BCUT2D eigenvalue weighted by molar-refractivity contribution is -0.120. The molecule has 7 heteroatoms. The van der Waals surface area contributed by atoms with E-state index < -0.39 is 0 Å². The number of thiocarbonyl (C=S) groups is 1. The number of hydrogen-bond acceptors (Lipinski definition) is 4. The van der Waals surface area contributed by atoms with Crippen molar-refractivity contribution in [3.8, 4) is 0 Å². The summed E-state index contributed by atoms with van der Waals surface area (Å²) in [5.74, 6) is 0.464. The van der Waals surface area contributed by atoms with Crippen LogP contribution in [0.5, 0.6) is 0 Å². The number of benzene rings is 1. The highest BCUT2D eigenvalue weighted by Crippen LogP contribution is 2.27. The van der Waals surface area contributed by atoms with Crippen LogP contribution < -0.4 is 16.0 Å². The van der Waals surface area contributed by atoms with Crippen molar-refractivity contribution in [3.05, 3.63) is 29.8 Å². The predicted molar refractivity (Wildman–Crippen MR) is 118 cm³/mol. The van der Waals surface area contributed by atoms with E-state index in [-0.39, 0.29) is 23.0 Å². The van der Waals surface area contributed by atoms with Crippen LogP contribution in [0.1, 0.15) is 68.1 Å². The molecule has 1 heterocycles. The molecule has 2 fully saturated rings. The molecule has 0 spiro atoms. The minimum atomic E-state index is -0.147. The average molecular weight is 418 g/mol. The third-order valence-corrected chi connectivity index (χ3v) is 5.86. The van der Waals surface area contributed by atoms with Crippen LogP contribution in [-0.4, -0.2) is 36.2 Å². The van der Waals surface area contributed by atoms with E-state index in [1.54, 1.807) is 18.2 Å². The Balaban J connectivity index is 1.41. The molecule has 1 saturated carbocycles. The summed E-state index contributed by atoms with van der Waals surface area (Å²) in [5, 5.41) is 8.91. The Bertz CT molecular complexity index is 713. The quantitative estimate of drug-likeness (QED) is 0.589. The molecule has 2 aliphatic rings. The Morgan fingerprint density at radius 3 is 2.69 bits per heavy atom. The molecular formula is C22H31N3O3S. The highest BCUT2D eigenvalue weighted by Gasteiger charge is 2.17. The second kappa shape index (κ2) is 11.3. The summed E-state index contributed by atoms with van der Waals surface area (Å²) in [5.41, 5.74) is 1.21. The van der Waals surface area contributed by atoms with Crippen LogP contribution in [0.25, 0.3) is 0 Å². The number of nitrogens with one attached hydrogen (secondary N) is 3. The van der Waals surface area contributed by atoms with Crippen molar-refractivity contribution in [3.63, 3.8) is 0 Å². The average Bonchev–Trinajstić information content (AvgIpc) is 3.25. The van der Waals surface area contributed by atoms with E-state index in [0.29, 0.717) is 30.1 Å². The fourth-order valence-electron chi connectivity index (χ4n) is 4.01. The summed E-state index contributed by atoms with van der Waals surface area (Å²) in [6.45, 7) is 1.29. The van der Waals surface area contributed by atoms with Gasteiger partial charge in [0.1, 0.15) is 0 Å². The van der Waals surface area contributed by atoms with Crippen molar-refractivity contribution < 1.29 is 14.3 Å². The minimum Gasteiger partial charge on any atom is -0.376 e. The van der Waals surface area contributed by atoms with Crippen molar-refractivity contribution in [1.82, 2.24) is 10.6 Å². The summed E-state index contributed by atoms with van der Waals surface area (Å²) in [7, 11) is 0. The van der Waals surface area contributed by atoms with Crippen LogP contribution in [0.15, 0.2) is 24.3 Å². The molecule has 1 unspecified atom stereocenters. The van der Waals surface area contributed by atoms with E-state index in [2.05, 4.69) is 16.0 Å². The van der Waals surface area contributed by atoms with E-state index in [1.807, 2.05) is 6.07 Å². The smallest absolute Gasteiger partial charge is 0.251 e. The summed E-state index contributed by atoms with van der Waals surface area (Å²) in [4.78, 5) is 24.5. The second-order valence-electron chi connectivity index (χ2n) is 7.97. The van der Waals surface area contributed by atoms with E-state index in [0.717, 1.165) is 25.9 Å². The maximum Gasteiger partial charge on any atom is 0.251 e. The topological polar surface area (TPSA) is 79.5 Å². The molecule has 6 nitrogen and oxygen atoms in total. The fraction of sp³-hybridized carbons (Fsp3) is 0.591. The maximum absolute atomic E-state index is 12.4. The van der Waals surface area contributed by atoms with Crippen molar-refractivity contribution in [1.29, 1.82) is 0 Å². The molecule has 29 heavy (non-hydrogen) atoms. The van der Waals surface area contributed by atoms with Crippen LogP contribution in [0.3, 0.4) is 0 Å². The van der Waals surface area contributed by atoms with Gasteiger partial charge in [-0.2, -0.15) is 0 Å². The highest BCUT2D eigenvalue weighted by atomic mass is 32.1. The monoisotopic (exact) mass is 417 g/mol. The molecule has 0 radical (unpaired) electrons. The molecule has 3 rings (SSSR count). The van der Waals surface area contributed by atoms with Crippen LogP contribution in [0, 0.1) is 5.92 Å². The van der Waals surface area contributed by atoms with Crippen molar-refractivity contribution >= 4 is 34.8 Å². The second-order valence-corrected chi connectivity index (χ2v) is 8.38. The molecule has 1 saturated heterocycles. The van der Waals surface area contributed by atoms with Crippen LogP contribution in [0.4, 0.5) is 5.69 Å². The van der Waals surface area contributed by atoms with Gasteiger partial charge in [-0.25, -0.2) is 0 Å². The molecule has 158 valence electrons. The van der Waals surface area contributed by atoms with Gasteiger partial charge in [-0.1, -0.05) is 38.2 Å². The van der Waals surface area contributed by atoms with Crippen molar-refractivity contribution in [2.75, 3.05) is 18.5 Å². The zero-order valence-corrected chi connectivity index (χ0v) is 17.7. The third-order valence-electron chi connectivity index (χ3n) is 5.65. The Kier molecular flexibility index (Phi) is 8.43. The predicted octanol–water partition coefficient (Wildman–Crippen LogP) is 3.77. The molecule has 1 aliphatic carbocycles. The lowest BCUT2D eigenvalue weighted by atomic mass is 9.86.